The van der Waals surface area contributed by atoms with Gasteiger partial charge in [-0.25, -0.2) is 0 Å². The lowest BCUT2D eigenvalue weighted by Crippen LogP contribution is -2.02. The molecule has 0 saturated carbocycles. The maximum absolute atomic E-state index is 13.8. The number of benzene rings is 2. The van der Waals surface area contributed by atoms with Gasteiger partial charge in [-0.15, -0.1) is 0 Å². The van der Waals surface area contributed by atoms with Crippen LogP contribution >= 0.6 is 11.6 Å². The number of nitrogens with zero attached hydrogens (tertiary/aromatic N) is 1. The highest BCUT2D eigenvalue weighted by atomic mass is 35.5. The molecule has 2 aromatic carbocycles. The van der Waals surface area contributed by atoms with Crippen LogP contribution in [-0.2, 0) is 6.61 Å². The molecule has 0 aliphatic heterocycles. The zero-order chi connectivity index (χ0) is 14.7. The average molecular weight is 296 g/mol. The largest absolute Gasteiger partial charge is 0.489 e. The number of hydrogen-bond donors (Lipinski definition) is 0. The van der Waals surface area contributed by atoms with Gasteiger partial charge in [-0.1, -0.05) is 23.7 Å². The number of ether oxygens (including phenoxy) is 1. The summed E-state index contributed by atoms with van der Waals surface area (Å²) in [6.07, 6.45) is 0. The van der Waals surface area contributed by atoms with Crippen molar-refractivity contribution in [2.75, 3.05) is 0 Å². The Labute approximate surface area is 119 Å². The van der Waals surface area contributed by atoms with Crippen LogP contribution in [0.15, 0.2) is 36.4 Å². The zero-order valence-corrected chi connectivity index (χ0v) is 11.4. The minimum atomic E-state index is -0.872. The van der Waals surface area contributed by atoms with Crippen molar-refractivity contribution in [1.82, 2.24) is 0 Å². The molecule has 0 unspecified atom stereocenters. The average Bonchev–Trinajstić information content (AvgIpc) is 2.41. The van der Waals surface area contributed by atoms with Crippen LogP contribution in [0.4, 0.5) is 10.1 Å². The molecule has 0 N–H and O–H groups in total. The van der Waals surface area contributed by atoms with Crippen LogP contribution in [0.5, 0.6) is 5.75 Å². The second-order valence-electron chi connectivity index (χ2n) is 4.21. The minimum absolute atomic E-state index is 0.0887. The monoisotopic (exact) mass is 295 g/mol. The lowest BCUT2D eigenvalue weighted by Gasteiger charge is -2.08. The van der Waals surface area contributed by atoms with E-state index in [1.165, 1.54) is 12.1 Å². The number of aryl methyl sites for hydroxylation is 1. The topological polar surface area (TPSA) is 52.4 Å². The third-order valence-corrected chi connectivity index (χ3v) is 3.20. The molecule has 4 nitrogen and oxygen atoms in total. The van der Waals surface area contributed by atoms with Crippen LogP contribution in [0, 0.1) is 22.9 Å². The van der Waals surface area contributed by atoms with Gasteiger partial charge in [0.15, 0.2) is 0 Å². The Kier molecular flexibility index (Phi) is 4.20. The van der Waals surface area contributed by atoms with Gasteiger partial charge >= 0.3 is 5.69 Å². The van der Waals surface area contributed by atoms with E-state index in [0.29, 0.717) is 10.8 Å². The van der Waals surface area contributed by atoms with E-state index in [1.807, 2.05) is 6.92 Å². The van der Waals surface area contributed by atoms with Crippen LogP contribution in [0.25, 0.3) is 0 Å². The van der Waals surface area contributed by atoms with Crippen molar-refractivity contribution in [3.8, 4) is 5.75 Å². The highest BCUT2D eigenvalue weighted by molar-refractivity contribution is 6.31. The number of nitro groups is 1. The van der Waals surface area contributed by atoms with Crippen LogP contribution < -0.4 is 4.74 Å². The molecule has 0 atom stereocenters. The van der Waals surface area contributed by atoms with Gasteiger partial charge in [-0.3, -0.25) is 10.1 Å². The van der Waals surface area contributed by atoms with Gasteiger partial charge < -0.3 is 4.74 Å². The summed E-state index contributed by atoms with van der Waals surface area (Å²) in [5.41, 5.74) is 0.411. The van der Waals surface area contributed by atoms with Crippen molar-refractivity contribution >= 4 is 17.3 Å². The lowest BCUT2D eigenvalue weighted by molar-refractivity contribution is -0.387. The smallest absolute Gasteiger partial charge is 0.305 e. The van der Waals surface area contributed by atoms with Crippen molar-refractivity contribution in [2.24, 2.45) is 0 Å². The first-order valence-electron chi connectivity index (χ1n) is 5.80. The summed E-state index contributed by atoms with van der Waals surface area (Å²) in [6.45, 7) is 1.73. The van der Waals surface area contributed by atoms with E-state index >= 15 is 0 Å². The van der Waals surface area contributed by atoms with Crippen LogP contribution in [0.3, 0.4) is 0 Å². The van der Waals surface area contributed by atoms with Gasteiger partial charge in [0.25, 0.3) is 0 Å². The third-order valence-electron chi connectivity index (χ3n) is 2.78. The third kappa shape index (κ3) is 3.05. The Morgan fingerprint density at radius 3 is 2.75 bits per heavy atom. The molecule has 0 saturated heterocycles. The van der Waals surface area contributed by atoms with E-state index in [2.05, 4.69) is 0 Å². The quantitative estimate of drug-likeness (QED) is 0.625. The molecule has 6 heteroatoms. The van der Waals surface area contributed by atoms with E-state index < -0.39 is 16.4 Å². The molecule has 0 aliphatic carbocycles. The van der Waals surface area contributed by atoms with Crippen LogP contribution in [0.1, 0.15) is 11.1 Å². The molecule has 0 spiro atoms. The van der Waals surface area contributed by atoms with E-state index in [0.717, 1.165) is 11.6 Å². The Morgan fingerprint density at radius 1 is 1.35 bits per heavy atom. The summed E-state index contributed by atoms with van der Waals surface area (Å²) in [5.74, 6) is -0.346. The maximum atomic E-state index is 13.8. The van der Waals surface area contributed by atoms with Gasteiger partial charge in [0, 0.05) is 16.7 Å². The van der Waals surface area contributed by atoms with E-state index in [4.69, 9.17) is 16.3 Å². The van der Waals surface area contributed by atoms with Crippen molar-refractivity contribution in [3.63, 3.8) is 0 Å². The second-order valence-corrected chi connectivity index (χ2v) is 4.61. The van der Waals surface area contributed by atoms with E-state index in [-0.39, 0.29) is 12.2 Å². The molecule has 20 heavy (non-hydrogen) atoms. The molecule has 104 valence electrons. The Balaban J connectivity index is 2.17. The standard InChI is InChI=1S/C14H11ClFNO3/c1-9-7-11(5-6-12(9)15)20-8-10-3-2-4-13(14(10)16)17(18)19/h2-7H,8H2,1H3. The number of hydrogen-bond acceptors (Lipinski definition) is 3. The molecule has 0 radical (unpaired) electrons. The molecule has 0 heterocycles. The van der Waals surface area contributed by atoms with Gasteiger partial charge in [0.2, 0.25) is 5.82 Å². The Hall–Kier alpha value is -2.14. The molecule has 0 fully saturated rings. The predicted molar refractivity (Wildman–Crippen MR) is 73.6 cm³/mol. The fourth-order valence-corrected chi connectivity index (χ4v) is 1.80. The molecule has 0 aromatic heterocycles. The van der Waals surface area contributed by atoms with Gasteiger partial charge in [-0.05, 0) is 30.7 Å². The highest BCUT2D eigenvalue weighted by Gasteiger charge is 2.17. The number of rotatable bonds is 4. The summed E-state index contributed by atoms with van der Waals surface area (Å²) in [6, 6.07) is 9.04. The molecule has 0 bridgehead atoms. The van der Waals surface area contributed by atoms with Gasteiger partial charge in [0.1, 0.15) is 12.4 Å². The Bertz CT molecular complexity index is 661. The normalized spacial score (nSPS) is 10.3. The Morgan fingerprint density at radius 2 is 2.10 bits per heavy atom. The summed E-state index contributed by atoms with van der Waals surface area (Å²) >= 11 is 5.89. The first kappa shape index (κ1) is 14.3. The second kappa shape index (κ2) is 5.88. The fourth-order valence-electron chi connectivity index (χ4n) is 1.69. The summed E-state index contributed by atoms with van der Waals surface area (Å²) in [4.78, 5) is 9.88. The first-order valence-corrected chi connectivity index (χ1v) is 6.17. The first-order chi connectivity index (χ1) is 9.49. The molecule has 2 aromatic rings. The summed E-state index contributed by atoms with van der Waals surface area (Å²) < 4.78 is 19.2. The molecule has 0 amide bonds. The fraction of sp³-hybridized carbons (Fsp3) is 0.143. The maximum Gasteiger partial charge on any atom is 0.305 e. The zero-order valence-electron chi connectivity index (χ0n) is 10.6. The molecular weight excluding hydrogens is 285 g/mol. The molecule has 0 aliphatic rings. The summed E-state index contributed by atoms with van der Waals surface area (Å²) in [5, 5.41) is 11.3. The SMILES string of the molecule is Cc1cc(OCc2cccc([N+](=O)[O-])c2F)ccc1Cl. The lowest BCUT2D eigenvalue weighted by atomic mass is 10.2. The highest BCUT2D eigenvalue weighted by Crippen LogP contribution is 2.24. The van der Waals surface area contributed by atoms with Crippen LogP contribution in [-0.4, -0.2) is 4.92 Å². The van der Waals surface area contributed by atoms with Crippen molar-refractivity contribution in [2.45, 2.75) is 13.5 Å². The minimum Gasteiger partial charge on any atom is -0.489 e. The predicted octanol–water partition coefficient (Wildman–Crippen LogP) is 4.27. The van der Waals surface area contributed by atoms with Crippen molar-refractivity contribution in [1.29, 1.82) is 0 Å². The molecular formula is C14H11ClFNO3. The van der Waals surface area contributed by atoms with Crippen molar-refractivity contribution in [3.05, 3.63) is 68.5 Å². The molecule has 2 rings (SSSR count). The van der Waals surface area contributed by atoms with E-state index in [9.17, 15) is 14.5 Å². The summed E-state index contributed by atoms with van der Waals surface area (Å²) in [7, 11) is 0. The van der Waals surface area contributed by atoms with Crippen LogP contribution in [0.2, 0.25) is 5.02 Å². The van der Waals surface area contributed by atoms with E-state index in [1.54, 1.807) is 18.2 Å². The number of nitro benzene ring substituents is 1. The van der Waals surface area contributed by atoms with Gasteiger partial charge in [0.05, 0.1) is 4.92 Å². The van der Waals surface area contributed by atoms with Crippen molar-refractivity contribution < 1.29 is 14.1 Å². The van der Waals surface area contributed by atoms with Gasteiger partial charge in [-0.2, -0.15) is 4.39 Å². The number of halogens is 2.